The normalized spacial score (nSPS) is 13.9. The van der Waals surface area contributed by atoms with E-state index in [0.29, 0.717) is 0 Å². The third-order valence-corrected chi connectivity index (χ3v) is 2.46. The molecule has 2 unspecified atom stereocenters. The Morgan fingerprint density at radius 3 is 2.24 bits per heavy atom. The second kappa shape index (κ2) is 9.02. The lowest BCUT2D eigenvalue weighted by Crippen LogP contribution is -2.28. The van der Waals surface area contributed by atoms with E-state index in [1.807, 2.05) is 6.92 Å². The Morgan fingerprint density at radius 2 is 1.71 bits per heavy atom. The largest absolute Gasteiger partial charge is 0.460 e. The van der Waals surface area contributed by atoms with E-state index < -0.39 is 18.0 Å². The summed E-state index contributed by atoms with van der Waals surface area (Å²) in [5.41, 5.74) is 0. The van der Waals surface area contributed by atoms with Crippen LogP contribution in [0.25, 0.3) is 0 Å². The van der Waals surface area contributed by atoms with Crippen LogP contribution in [0.15, 0.2) is 0 Å². The van der Waals surface area contributed by atoms with Gasteiger partial charge in [0.05, 0.1) is 6.10 Å². The minimum atomic E-state index is -0.814. The van der Waals surface area contributed by atoms with Crippen LogP contribution in [0.1, 0.15) is 59.8 Å². The smallest absolute Gasteiger partial charge is 0.347 e. The lowest BCUT2D eigenvalue weighted by atomic mass is 10.1. The van der Waals surface area contributed by atoms with Crippen LogP contribution in [0.4, 0.5) is 0 Å². The van der Waals surface area contributed by atoms with Crippen molar-refractivity contribution >= 4 is 11.9 Å². The van der Waals surface area contributed by atoms with Gasteiger partial charge in [0.2, 0.25) is 0 Å². The second-order valence-electron chi connectivity index (χ2n) is 4.35. The molecule has 0 aliphatic carbocycles. The van der Waals surface area contributed by atoms with Crippen molar-refractivity contribution in [3.8, 4) is 0 Å². The summed E-state index contributed by atoms with van der Waals surface area (Å²) in [5.74, 6) is -0.937. The van der Waals surface area contributed by atoms with Gasteiger partial charge in [0.15, 0.2) is 6.10 Å². The SMILES string of the molecule is CCCCCCC(C)OC(=O)C(C)OC(C)=O. The molecule has 0 rings (SSSR count). The van der Waals surface area contributed by atoms with Crippen LogP contribution in [0, 0.1) is 0 Å². The Kier molecular flexibility index (Phi) is 8.46. The van der Waals surface area contributed by atoms with Crippen LogP contribution in [-0.2, 0) is 19.1 Å². The van der Waals surface area contributed by atoms with Gasteiger partial charge in [-0.15, -0.1) is 0 Å². The first-order valence-electron chi connectivity index (χ1n) is 6.35. The van der Waals surface area contributed by atoms with E-state index in [1.165, 1.54) is 26.7 Å². The standard InChI is InChI=1S/C13H24O4/c1-5-6-7-8-9-10(2)16-13(15)11(3)17-12(4)14/h10-11H,5-9H2,1-4H3. The van der Waals surface area contributed by atoms with E-state index in [4.69, 9.17) is 9.47 Å². The van der Waals surface area contributed by atoms with Crippen LogP contribution in [0.2, 0.25) is 0 Å². The molecule has 0 bridgehead atoms. The monoisotopic (exact) mass is 244 g/mol. The summed E-state index contributed by atoms with van der Waals surface area (Å²) in [6.45, 7) is 6.82. The fraction of sp³-hybridized carbons (Fsp3) is 0.846. The zero-order chi connectivity index (χ0) is 13.3. The number of rotatable bonds is 8. The van der Waals surface area contributed by atoms with Crippen molar-refractivity contribution in [2.45, 2.75) is 72.0 Å². The van der Waals surface area contributed by atoms with Gasteiger partial charge in [0.25, 0.3) is 0 Å². The van der Waals surface area contributed by atoms with E-state index in [9.17, 15) is 9.59 Å². The van der Waals surface area contributed by atoms with E-state index in [-0.39, 0.29) is 6.10 Å². The minimum Gasteiger partial charge on any atom is -0.460 e. The maximum absolute atomic E-state index is 11.5. The lowest BCUT2D eigenvalue weighted by molar-refractivity contribution is -0.168. The highest BCUT2D eigenvalue weighted by atomic mass is 16.6. The Labute approximate surface area is 104 Å². The molecule has 0 aromatic carbocycles. The third-order valence-electron chi connectivity index (χ3n) is 2.46. The van der Waals surface area contributed by atoms with Crippen LogP contribution < -0.4 is 0 Å². The molecule has 0 fully saturated rings. The maximum atomic E-state index is 11.5. The van der Waals surface area contributed by atoms with Crippen molar-refractivity contribution in [3.63, 3.8) is 0 Å². The minimum absolute atomic E-state index is 0.114. The Balaban J connectivity index is 3.75. The summed E-state index contributed by atoms with van der Waals surface area (Å²) in [6.07, 6.45) is 4.56. The van der Waals surface area contributed by atoms with Gasteiger partial charge in [-0.05, 0) is 26.7 Å². The van der Waals surface area contributed by atoms with Crippen LogP contribution in [-0.4, -0.2) is 24.1 Å². The summed E-state index contributed by atoms with van der Waals surface area (Å²) >= 11 is 0. The second-order valence-corrected chi connectivity index (χ2v) is 4.35. The van der Waals surface area contributed by atoms with E-state index in [0.717, 1.165) is 19.3 Å². The fourth-order valence-corrected chi connectivity index (χ4v) is 1.51. The molecular formula is C13H24O4. The first-order chi connectivity index (χ1) is 7.97. The molecule has 0 aliphatic heterocycles. The molecule has 0 aromatic rings. The highest BCUT2D eigenvalue weighted by molar-refractivity contribution is 5.78. The van der Waals surface area contributed by atoms with Crippen molar-refractivity contribution < 1.29 is 19.1 Å². The molecule has 0 amide bonds. The molecule has 0 saturated carbocycles. The number of hydrogen-bond acceptors (Lipinski definition) is 4. The first-order valence-corrected chi connectivity index (χ1v) is 6.35. The zero-order valence-electron chi connectivity index (χ0n) is 11.3. The van der Waals surface area contributed by atoms with Crippen molar-refractivity contribution in [2.24, 2.45) is 0 Å². The number of esters is 2. The van der Waals surface area contributed by atoms with E-state index >= 15 is 0 Å². The molecule has 0 spiro atoms. The molecule has 4 heteroatoms. The maximum Gasteiger partial charge on any atom is 0.347 e. The van der Waals surface area contributed by atoms with Crippen molar-refractivity contribution in [1.82, 2.24) is 0 Å². The Morgan fingerprint density at radius 1 is 1.06 bits per heavy atom. The Bertz CT molecular complexity index is 238. The lowest BCUT2D eigenvalue weighted by Gasteiger charge is -2.16. The summed E-state index contributed by atoms with van der Waals surface area (Å²) in [4.78, 5) is 22.1. The summed E-state index contributed by atoms with van der Waals surface area (Å²) in [6, 6.07) is 0. The van der Waals surface area contributed by atoms with Crippen molar-refractivity contribution in [2.75, 3.05) is 0 Å². The molecule has 4 nitrogen and oxygen atoms in total. The van der Waals surface area contributed by atoms with Gasteiger partial charge in [-0.2, -0.15) is 0 Å². The predicted molar refractivity (Wildman–Crippen MR) is 65.5 cm³/mol. The average Bonchev–Trinajstić information content (AvgIpc) is 2.23. The molecule has 2 atom stereocenters. The van der Waals surface area contributed by atoms with E-state index in [2.05, 4.69) is 6.92 Å². The molecule has 100 valence electrons. The number of ether oxygens (including phenoxy) is 2. The predicted octanol–water partition coefficient (Wildman–Crippen LogP) is 2.84. The quantitative estimate of drug-likeness (QED) is 0.486. The van der Waals surface area contributed by atoms with Crippen molar-refractivity contribution in [3.05, 3.63) is 0 Å². The van der Waals surface area contributed by atoms with Gasteiger partial charge in [0, 0.05) is 6.92 Å². The van der Waals surface area contributed by atoms with Crippen LogP contribution in [0.5, 0.6) is 0 Å². The summed E-state index contributed by atoms with van der Waals surface area (Å²) in [5, 5.41) is 0. The van der Waals surface area contributed by atoms with Gasteiger partial charge >= 0.3 is 11.9 Å². The molecular weight excluding hydrogens is 220 g/mol. The molecule has 0 N–H and O–H groups in total. The number of unbranched alkanes of at least 4 members (excludes halogenated alkanes) is 3. The van der Waals surface area contributed by atoms with Gasteiger partial charge in [-0.1, -0.05) is 26.2 Å². The highest BCUT2D eigenvalue weighted by Crippen LogP contribution is 2.09. The number of carbonyl (C=O) groups is 2. The van der Waals surface area contributed by atoms with Gasteiger partial charge in [0.1, 0.15) is 0 Å². The number of hydrogen-bond donors (Lipinski definition) is 0. The summed E-state index contributed by atoms with van der Waals surface area (Å²) < 4.78 is 9.92. The fourth-order valence-electron chi connectivity index (χ4n) is 1.51. The van der Waals surface area contributed by atoms with Gasteiger partial charge in [-0.25, -0.2) is 4.79 Å². The topological polar surface area (TPSA) is 52.6 Å². The highest BCUT2D eigenvalue weighted by Gasteiger charge is 2.19. The molecule has 0 aromatic heterocycles. The van der Waals surface area contributed by atoms with Crippen LogP contribution >= 0.6 is 0 Å². The average molecular weight is 244 g/mol. The molecule has 0 aliphatic rings. The first kappa shape index (κ1) is 15.9. The summed E-state index contributed by atoms with van der Waals surface area (Å²) in [7, 11) is 0. The molecule has 0 saturated heterocycles. The third kappa shape index (κ3) is 8.72. The number of carbonyl (C=O) groups excluding carboxylic acids is 2. The molecule has 0 radical (unpaired) electrons. The van der Waals surface area contributed by atoms with E-state index in [1.54, 1.807) is 0 Å². The zero-order valence-corrected chi connectivity index (χ0v) is 11.3. The van der Waals surface area contributed by atoms with Crippen LogP contribution in [0.3, 0.4) is 0 Å². The molecule has 17 heavy (non-hydrogen) atoms. The van der Waals surface area contributed by atoms with Gasteiger partial charge < -0.3 is 9.47 Å². The Hall–Kier alpha value is -1.06. The molecule has 0 heterocycles. The van der Waals surface area contributed by atoms with Gasteiger partial charge in [-0.3, -0.25) is 4.79 Å². The van der Waals surface area contributed by atoms with Crippen molar-refractivity contribution in [1.29, 1.82) is 0 Å².